The monoisotopic (exact) mass is 303 g/mol. The molecule has 2 rings (SSSR count). The molecule has 0 unspecified atom stereocenters. The summed E-state index contributed by atoms with van der Waals surface area (Å²) >= 11 is 0. The summed E-state index contributed by atoms with van der Waals surface area (Å²) in [7, 11) is -3.00. The molecular formula is C17H21NO2S. The highest BCUT2D eigenvalue weighted by Gasteiger charge is 2.11. The summed E-state index contributed by atoms with van der Waals surface area (Å²) in [5.74, 6) is 0.352. The van der Waals surface area contributed by atoms with Crippen molar-refractivity contribution in [1.29, 1.82) is 0 Å². The lowest BCUT2D eigenvalue weighted by Crippen LogP contribution is -2.08. The smallest absolute Gasteiger partial charge is 0.154 e. The second-order valence-corrected chi connectivity index (χ2v) is 7.33. The molecule has 0 spiro atoms. The molecule has 112 valence electrons. The van der Waals surface area contributed by atoms with Gasteiger partial charge < -0.3 is 5.73 Å². The van der Waals surface area contributed by atoms with Gasteiger partial charge in [-0.05, 0) is 28.7 Å². The minimum atomic E-state index is -3.00. The Morgan fingerprint density at radius 1 is 1.00 bits per heavy atom. The highest BCUT2D eigenvalue weighted by Crippen LogP contribution is 2.24. The Labute approximate surface area is 126 Å². The van der Waals surface area contributed by atoms with Crippen LogP contribution in [0.15, 0.2) is 48.5 Å². The molecule has 4 heteroatoms. The third-order valence-electron chi connectivity index (χ3n) is 3.40. The fraction of sp³-hybridized carbons (Fsp3) is 0.294. The van der Waals surface area contributed by atoms with E-state index in [1.807, 2.05) is 55.5 Å². The van der Waals surface area contributed by atoms with Crippen molar-refractivity contribution in [1.82, 2.24) is 0 Å². The van der Waals surface area contributed by atoms with Gasteiger partial charge in [-0.2, -0.15) is 0 Å². The van der Waals surface area contributed by atoms with E-state index in [2.05, 4.69) is 0 Å². The lowest BCUT2D eigenvalue weighted by Gasteiger charge is -2.09. The molecule has 0 aliphatic carbocycles. The lowest BCUT2D eigenvalue weighted by atomic mass is 9.99. The summed E-state index contributed by atoms with van der Waals surface area (Å²) in [4.78, 5) is 0. The number of hydrogen-bond donors (Lipinski definition) is 1. The van der Waals surface area contributed by atoms with Crippen LogP contribution >= 0.6 is 0 Å². The second kappa shape index (κ2) is 6.87. The maximum absolute atomic E-state index is 11.8. The van der Waals surface area contributed by atoms with Crippen molar-refractivity contribution < 1.29 is 8.42 Å². The first-order chi connectivity index (χ1) is 10.1. The van der Waals surface area contributed by atoms with Crippen LogP contribution in [0.4, 0.5) is 0 Å². The molecule has 21 heavy (non-hydrogen) atoms. The average molecular weight is 303 g/mol. The molecule has 0 aliphatic rings. The fourth-order valence-electron chi connectivity index (χ4n) is 2.40. The maximum Gasteiger partial charge on any atom is 0.154 e. The van der Waals surface area contributed by atoms with Crippen LogP contribution in [0.2, 0.25) is 0 Å². The average Bonchev–Trinajstić information content (AvgIpc) is 2.47. The molecular weight excluding hydrogens is 282 g/mol. The van der Waals surface area contributed by atoms with E-state index in [9.17, 15) is 8.42 Å². The van der Waals surface area contributed by atoms with E-state index in [4.69, 9.17) is 5.73 Å². The summed E-state index contributed by atoms with van der Waals surface area (Å²) in [6, 6.07) is 15.7. The molecule has 2 aromatic rings. The van der Waals surface area contributed by atoms with Crippen LogP contribution in [0.1, 0.15) is 24.5 Å². The van der Waals surface area contributed by atoms with Crippen LogP contribution in [0.5, 0.6) is 0 Å². The molecule has 0 bridgehead atoms. The van der Waals surface area contributed by atoms with Gasteiger partial charge in [0.05, 0.1) is 11.5 Å². The first-order valence-corrected chi connectivity index (χ1v) is 8.95. The highest BCUT2D eigenvalue weighted by molar-refractivity contribution is 7.90. The molecule has 0 fully saturated rings. The van der Waals surface area contributed by atoms with Crippen LogP contribution in [0.3, 0.4) is 0 Å². The number of nitrogens with two attached hydrogens (primary N) is 1. The van der Waals surface area contributed by atoms with Gasteiger partial charge in [0, 0.05) is 6.54 Å². The van der Waals surface area contributed by atoms with E-state index in [0.717, 1.165) is 22.3 Å². The van der Waals surface area contributed by atoms with Crippen molar-refractivity contribution in [2.75, 3.05) is 5.75 Å². The Morgan fingerprint density at radius 2 is 1.67 bits per heavy atom. The Hall–Kier alpha value is -1.65. The lowest BCUT2D eigenvalue weighted by molar-refractivity contribution is 0.594. The van der Waals surface area contributed by atoms with Crippen LogP contribution in [-0.4, -0.2) is 14.2 Å². The van der Waals surface area contributed by atoms with E-state index in [1.54, 1.807) is 0 Å². The molecule has 2 N–H and O–H groups in total. The third kappa shape index (κ3) is 4.16. The molecule has 0 aliphatic heterocycles. The van der Waals surface area contributed by atoms with Crippen LogP contribution in [0.25, 0.3) is 11.1 Å². The highest BCUT2D eigenvalue weighted by atomic mass is 32.2. The maximum atomic E-state index is 11.8. The van der Waals surface area contributed by atoms with Crippen molar-refractivity contribution in [2.24, 2.45) is 5.73 Å². The van der Waals surface area contributed by atoms with Gasteiger partial charge in [-0.1, -0.05) is 55.5 Å². The van der Waals surface area contributed by atoms with Crippen molar-refractivity contribution in [3.63, 3.8) is 0 Å². The molecule has 0 heterocycles. The van der Waals surface area contributed by atoms with Crippen molar-refractivity contribution in [3.05, 3.63) is 59.7 Å². The van der Waals surface area contributed by atoms with Gasteiger partial charge in [0.2, 0.25) is 0 Å². The topological polar surface area (TPSA) is 60.2 Å². The van der Waals surface area contributed by atoms with Gasteiger partial charge >= 0.3 is 0 Å². The molecule has 3 nitrogen and oxygen atoms in total. The number of benzene rings is 2. The standard InChI is InChI=1S/C17H21NO2S/c1-2-11-21(19,20)13-14-7-9-15(10-8-14)17-6-4-3-5-16(17)12-18/h3-10H,2,11-13,18H2,1H3. The zero-order chi connectivity index (χ0) is 15.3. The quantitative estimate of drug-likeness (QED) is 0.892. The summed E-state index contributed by atoms with van der Waals surface area (Å²) in [5.41, 5.74) is 9.84. The van der Waals surface area contributed by atoms with Crippen molar-refractivity contribution in [3.8, 4) is 11.1 Å². The predicted molar refractivity (Wildman–Crippen MR) is 87.6 cm³/mol. The SMILES string of the molecule is CCCS(=O)(=O)Cc1ccc(-c2ccccc2CN)cc1. The van der Waals surface area contributed by atoms with E-state index in [0.29, 0.717) is 13.0 Å². The second-order valence-electron chi connectivity index (χ2n) is 5.15. The molecule has 0 aromatic heterocycles. The minimum absolute atomic E-state index is 0.111. The minimum Gasteiger partial charge on any atom is -0.326 e. The molecule has 0 atom stereocenters. The molecule has 2 aromatic carbocycles. The van der Waals surface area contributed by atoms with Gasteiger partial charge in [-0.25, -0.2) is 8.42 Å². The van der Waals surface area contributed by atoms with Crippen molar-refractivity contribution >= 4 is 9.84 Å². The van der Waals surface area contributed by atoms with Gasteiger partial charge in [0.15, 0.2) is 9.84 Å². The first kappa shape index (κ1) is 15.7. The number of rotatable bonds is 6. The number of hydrogen-bond acceptors (Lipinski definition) is 3. The normalized spacial score (nSPS) is 11.5. The van der Waals surface area contributed by atoms with E-state index >= 15 is 0 Å². The Bertz CT molecular complexity index is 691. The zero-order valence-corrected chi connectivity index (χ0v) is 13.1. The van der Waals surface area contributed by atoms with Gasteiger partial charge in [-0.3, -0.25) is 0 Å². The van der Waals surface area contributed by atoms with Gasteiger partial charge in [0.25, 0.3) is 0 Å². The zero-order valence-electron chi connectivity index (χ0n) is 12.2. The summed E-state index contributed by atoms with van der Waals surface area (Å²) in [6.45, 7) is 2.37. The van der Waals surface area contributed by atoms with Gasteiger partial charge in [0.1, 0.15) is 0 Å². The largest absolute Gasteiger partial charge is 0.326 e. The van der Waals surface area contributed by atoms with Crippen LogP contribution < -0.4 is 5.73 Å². The predicted octanol–water partition coefficient (Wildman–Crippen LogP) is 3.14. The van der Waals surface area contributed by atoms with E-state index in [1.165, 1.54) is 0 Å². The molecule has 0 radical (unpaired) electrons. The number of sulfone groups is 1. The Morgan fingerprint density at radius 3 is 2.29 bits per heavy atom. The van der Waals surface area contributed by atoms with Crippen LogP contribution in [0, 0.1) is 0 Å². The summed E-state index contributed by atoms with van der Waals surface area (Å²) in [6.07, 6.45) is 0.657. The van der Waals surface area contributed by atoms with Gasteiger partial charge in [-0.15, -0.1) is 0 Å². The first-order valence-electron chi connectivity index (χ1n) is 7.13. The van der Waals surface area contributed by atoms with Crippen molar-refractivity contribution in [2.45, 2.75) is 25.6 Å². The molecule has 0 saturated carbocycles. The van der Waals surface area contributed by atoms with E-state index < -0.39 is 9.84 Å². The van der Waals surface area contributed by atoms with E-state index in [-0.39, 0.29) is 11.5 Å². The summed E-state index contributed by atoms with van der Waals surface area (Å²) < 4.78 is 23.7. The molecule has 0 saturated heterocycles. The Kier molecular flexibility index (Phi) is 5.15. The fourth-order valence-corrected chi connectivity index (χ4v) is 3.86. The Balaban J connectivity index is 2.23. The van der Waals surface area contributed by atoms with Crippen LogP contribution in [-0.2, 0) is 22.1 Å². The third-order valence-corrected chi connectivity index (χ3v) is 5.21. The summed E-state index contributed by atoms with van der Waals surface area (Å²) in [5, 5.41) is 0. The molecule has 0 amide bonds.